The Kier molecular flexibility index (Phi) is 8.61. The summed E-state index contributed by atoms with van der Waals surface area (Å²) in [4.78, 5) is 47.1. The van der Waals surface area contributed by atoms with Crippen LogP contribution in [-0.2, 0) is 19.1 Å². The molecule has 12 heteroatoms. The van der Waals surface area contributed by atoms with E-state index in [1.54, 1.807) is 11.4 Å². The van der Waals surface area contributed by atoms with Gasteiger partial charge >= 0.3 is 5.97 Å². The Morgan fingerprint density at radius 1 is 1.07 bits per heavy atom. The Balaban J connectivity index is 1.67. The molecule has 0 saturated carbocycles. The highest BCUT2D eigenvalue weighted by Crippen LogP contribution is 2.22. The van der Waals surface area contributed by atoms with Crippen LogP contribution in [-0.4, -0.2) is 43.4 Å². The number of hydrogen-bond donors (Lipinski definition) is 3. The summed E-state index contributed by atoms with van der Waals surface area (Å²) in [6, 6.07) is 7.74. The average molecular weight is 469 g/mol. The first-order valence-electron chi connectivity index (χ1n) is 8.23. The molecule has 0 atom stereocenters. The summed E-state index contributed by atoms with van der Waals surface area (Å²) in [6.07, 6.45) is 0. The molecule has 2 rings (SSSR count). The van der Waals surface area contributed by atoms with E-state index >= 15 is 0 Å². The smallest absolute Gasteiger partial charge is 0.325 e. The van der Waals surface area contributed by atoms with Crippen LogP contribution in [0.4, 0.5) is 5.00 Å². The fourth-order valence-corrected chi connectivity index (χ4v) is 3.26. The predicted molar refractivity (Wildman–Crippen MR) is 110 cm³/mol. The molecule has 0 fully saturated rings. The summed E-state index contributed by atoms with van der Waals surface area (Å²) >= 11 is 12.8. The van der Waals surface area contributed by atoms with E-state index in [0.29, 0.717) is 15.6 Å². The molecule has 0 spiro atoms. The first-order valence-corrected chi connectivity index (χ1v) is 9.86. The van der Waals surface area contributed by atoms with E-state index in [-0.39, 0.29) is 10.6 Å². The Hall–Kier alpha value is -3.13. The van der Waals surface area contributed by atoms with Gasteiger partial charge in [0.2, 0.25) is 5.91 Å². The van der Waals surface area contributed by atoms with Gasteiger partial charge in [-0.25, -0.2) is 0 Å². The fourth-order valence-electron chi connectivity index (χ4n) is 2.02. The van der Waals surface area contributed by atoms with Gasteiger partial charge in [0.1, 0.15) is 17.6 Å². The molecular weight excluding hydrogens is 455 g/mol. The molecule has 0 saturated heterocycles. The number of carbonyl (C=O) groups excluding carboxylic acids is 4. The first kappa shape index (κ1) is 23.2. The van der Waals surface area contributed by atoms with Crippen molar-refractivity contribution in [2.45, 2.75) is 0 Å². The summed E-state index contributed by atoms with van der Waals surface area (Å²) in [6.45, 7) is -1.48. The van der Waals surface area contributed by atoms with Gasteiger partial charge in [-0.3, -0.25) is 19.2 Å². The van der Waals surface area contributed by atoms with Crippen molar-refractivity contribution < 1.29 is 23.9 Å². The summed E-state index contributed by atoms with van der Waals surface area (Å²) in [7, 11) is 0. The molecule has 0 radical (unpaired) electrons. The van der Waals surface area contributed by atoms with Crippen molar-refractivity contribution in [1.82, 2.24) is 10.6 Å². The number of nitrogens with zero attached hydrogens (tertiary/aromatic N) is 1. The number of esters is 1. The molecule has 0 aliphatic rings. The highest BCUT2D eigenvalue weighted by molar-refractivity contribution is 7.14. The standard InChI is InChI=1S/C18H14Cl2N4O5S/c19-11-1-2-12(13(20)5-11)17(28)23-7-14(25)22-8-16(27)29-9-15(26)24-18-10(6-21)3-4-30-18/h1-5H,7-9H2,(H,22,25)(H,23,28)(H,24,26). The largest absolute Gasteiger partial charge is 0.454 e. The van der Waals surface area contributed by atoms with Crippen LogP contribution in [0.5, 0.6) is 0 Å². The molecule has 1 aromatic heterocycles. The third-order valence-electron chi connectivity index (χ3n) is 3.42. The second-order valence-electron chi connectivity index (χ2n) is 5.57. The van der Waals surface area contributed by atoms with Crippen molar-refractivity contribution in [2.24, 2.45) is 0 Å². The van der Waals surface area contributed by atoms with Crippen molar-refractivity contribution in [3.05, 3.63) is 50.8 Å². The maximum Gasteiger partial charge on any atom is 0.325 e. The number of carbonyl (C=O) groups is 4. The van der Waals surface area contributed by atoms with Crippen LogP contribution in [0.3, 0.4) is 0 Å². The molecule has 0 aliphatic heterocycles. The predicted octanol–water partition coefficient (Wildman–Crippen LogP) is 1.95. The lowest BCUT2D eigenvalue weighted by molar-refractivity contribution is -0.147. The second kappa shape index (κ2) is 11.2. The minimum Gasteiger partial charge on any atom is -0.454 e. The van der Waals surface area contributed by atoms with Gasteiger partial charge in [0.05, 0.1) is 22.7 Å². The molecule has 0 unspecified atom stereocenters. The number of amides is 3. The third kappa shape index (κ3) is 7.04. The lowest BCUT2D eigenvalue weighted by Crippen LogP contribution is -2.39. The van der Waals surface area contributed by atoms with E-state index in [9.17, 15) is 19.2 Å². The third-order valence-corrected chi connectivity index (χ3v) is 4.80. The van der Waals surface area contributed by atoms with E-state index in [1.165, 1.54) is 18.2 Å². The monoisotopic (exact) mass is 468 g/mol. The number of thiophene rings is 1. The summed E-state index contributed by atoms with van der Waals surface area (Å²) in [5.41, 5.74) is 0.443. The second-order valence-corrected chi connectivity index (χ2v) is 7.33. The first-order chi connectivity index (χ1) is 14.3. The maximum atomic E-state index is 12.0. The Labute approximate surface area is 184 Å². The van der Waals surface area contributed by atoms with Gasteiger partial charge in [0, 0.05) is 5.02 Å². The van der Waals surface area contributed by atoms with E-state index < -0.39 is 43.4 Å². The number of anilines is 1. The van der Waals surface area contributed by atoms with Crippen LogP contribution >= 0.6 is 34.5 Å². The van der Waals surface area contributed by atoms with Crippen LogP contribution in [0.25, 0.3) is 0 Å². The number of benzene rings is 1. The molecule has 1 heterocycles. The maximum absolute atomic E-state index is 12.0. The van der Waals surface area contributed by atoms with E-state index in [4.69, 9.17) is 33.2 Å². The highest BCUT2D eigenvalue weighted by Gasteiger charge is 2.14. The number of nitriles is 1. The van der Waals surface area contributed by atoms with Crippen molar-refractivity contribution in [2.75, 3.05) is 25.0 Å². The van der Waals surface area contributed by atoms with Gasteiger partial charge in [-0.15, -0.1) is 11.3 Å². The Bertz CT molecular complexity index is 1020. The number of halogens is 2. The fraction of sp³-hybridized carbons (Fsp3) is 0.167. The quantitative estimate of drug-likeness (QED) is 0.506. The molecule has 3 amide bonds. The minimum atomic E-state index is -0.850. The minimum absolute atomic E-state index is 0.131. The number of hydrogen-bond acceptors (Lipinski definition) is 7. The van der Waals surface area contributed by atoms with Gasteiger partial charge in [0.15, 0.2) is 6.61 Å². The van der Waals surface area contributed by atoms with Crippen LogP contribution < -0.4 is 16.0 Å². The normalized spacial score (nSPS) is 9.90. The highest BCUT2D eigenvalue weighted by atomic mass is 35.5. The zero-order valence-corrected chi connectivity index (χ0v) is 17.5. The number of nitrogens with one attached hydrogen (secondary N) is 3. The van der Waals surface area contributed by atoms with Gasteiger partial charge in [-0.1, -0.05) is 23.2 Å². The van der Waals surface area contributed by atoms with Crippen molar-refractivity contribution >= 4 is 63.2 Å². The molecule has 1 aromatic carbocycles. The zero-order chi connectivity index (χ0) is 22.1. The van der Waals surface area contributed by atoms with Crippen LogP contribution in [0.1, 0.15) is 15.9 Å². The summed E-state index contributed by atoms with van der Waals surface area (Å²) in [5, 5.41) is 18.4. The van der Waals surface area contributed by atoms with E-state index in [1.807, 2.05) is 6.07 Å². The number of ether oxygens (including phenoxy) is 1. The van der Waals surface area contributed by atoms with E-state index in [0.717, 1.165) is 11.3 Å². The lowest BCUT2D eigenvalue weighted by atomic mass is 10.2. The molecule has 3 N–H and O–H groups in total. The SMILES string of the molecule is N#Cc1ccsc1NC(=O)COC(=O)CNC(=O)CNC(=O)c1ccc(Cl)cc1Cl. The van der Waals surface area contributed by atoms with Crippen molar-refractivity contribution in [3.8, 4) is 6.07 Å². The molecule has 2 aromatic rings. The Morgan fingerprint density at radius 2 is 1.83 bits per heavy atom. The van der Waals surface area contributed by atoms with Gasteiger partial charge < -0.3 is 20.7 Å². The Morgan fingerprint density at radius 3 is 2.53 bits per heavy atom. The summed E-state index contributed by atoms with van der Waals surface area (Å²) in [5.74, 6) is -2.71. The molecule has 9 nitrogen and oxygen atoms in total. The van der Waals surface area contributed by atoms with Crippen LogP contribution in [0, 0.1) is 11.3 Å². The molecule has 0 bridgehead atoms. The van der Waals surface area contributed by atoms with Crippen molar-refractivity contribution in [3.63, 3.8) is 0 Å². The molecule has 156 valence electrons. The van der Waals surface area contributed by atoms with Crippen LogP contribution in [0.15, 0.2) is 29.6 Å². The van der Waals surface area contributed by atoms with Crippen molar-refractivity contribution in [1.29, 1.82) is 5.26 Å². The molecule has 30 heavy (non-hydrogen) atoms. The molecular formula is C18H14Cl2N4O5S. The summed E-state index contributed by atoms with van der Waals surface area (Å²) < 4.78 is 4.74. The van der Waals surface area contributed by atoms with Crippen LogP contribution in [0.2, 0.25) is 10.0 Å². The number of rotatable bonds is 8. The van der Waals surface area contributed by atoms with E-state index in [2.05, 4.69) is 16.0 Å². The van der Waals surface area contributed by atoms with Gasteiger partial charge in [0.25, 0.3) is 11.8 Å². The molecule has 0 aliphatic carbocycles. The lowest BCUT2D eigenvalue weighted by Gasteiger charge is -2.08. The van der Waals surface area contributed by atoms with Gasteiger partial charge in [-0.05, 0) is 29.6 Å². The van der Waals surface area contributed by atoms with Gasteiger partial charge in [-0.2, -0.15) is 5.26 Å². The topological polar surface area (TPSA) is 137 Å². The average Bonchev–Trinajstić information content (AvgIpc) is 3.15. The zero-order valence-electron chi connectivity index (χ0n) is 15.2.